The number of hydrogen-bond donors (Lipinski definition) is 0. The van der Waals surface area contributed by atoms with Crippen LogP contribution in [0.3, 0.4) is 0 Å². The first-order valence-corrected chi connectivity index (χ1v) is 8.19. The SMILES string of the molecule is O=C(c1ccc(Cl)c(Br)c1)N1CCCCc2ccccc21. The molecule has 0 unspecified atom stereocenters. The van der Waals surface area contributed by atoms with Gasteiger partial charge in [0.15, 0.2) is 0 Å². The van der Waals surface area contributed by atoms with E-state index in [0.29, 0.717) is 10.6 Å². The highest BCUT2D eigenvalue weighted by Crippen LogP contribution is 2.29. The molecule has 0 bridgehead atoms. The van der Waals surface area contributed by atoms with Crippen molar-refractivity contribution in [2.75, 3.05) is 11.4 Å². The number of para-hydroxylation sites is 1. The molecular formula is C17H15BrClNO. The molecule has 0 aliphatic carbocycles. The van der Waals surface area contributed by atoms with Gasteiger partial charge >= 0.3 is 0 Å². The Morgan fingerprint density at radius 2 is 1.95 bits per heavy atom. The van der Waals surface area contributed by atoms with Gasteiger partial charge in [-0.3, -0.25) is 4.79 Å². The molecule has 4 heteroatoms. The molecule has 21 heavy (non-hydrogen) atoms. The van der Waals surface area contributed by atoms with Crippen LogP contribution in [-0.4, -0.2) is 12.5 Å². The number of carbonyl (C=O) groups is 1. The van der Waals surface area contributed by atoms with Gasteiger partial charge in [-0.15, -0.1) is 0 Å². The lowest BCUT2D eigenvalue weighted by atomic mass is 10.1. The number of amides is 1. The highest BCUT2D eigenvalue weighted by molar-refractivity contribution is 9.10. The predicted molar refractivity (Wildman–Crippen MR) is 90.2 cm³/mol. The van der Waals surface area contributed by atoms with E-state index in [-0.39, 0.29) is 5.91 Å². The van der Waals surface area contributed by atoms with Crippen molar-refractivity contribution in [3.63, 3.8) is 0 Å². The minimum atomic E-state index is 0.0294. The number of nitrogens with zero attached hydrogens (tertiary/aromatic N) is 1. The molecule has 0 aromatic heterocycles. The molecule has 0 atom stereocenters. The first-order chi connectivity index (χ1) is 10.2. The van der Waals surface area contributed by atoms with Gasteiger partial charge in [0.1, 0.15) is 0 Å². The summed E-state index contributed by atoms with van der Waals surface area (Å²) >= 11 is 9.39. The highest BCUT2D eigenvalue weighted by atomic mass is 79.9. The van der Waals surface area contributed by atoms with Crippen molar-refractivity contribution < 1.29 is 4.79 Å². The molecule has 3 rings (SSSR count). The fraction of sp³-hybridized carbons (Fsp3) is 0.235. The summed E-state index contributed by atoms with van der Waals surface area (Å²) < 4.78 is 0.748. The Balaban J connectivity index is 1.99. The van der Waals surface area contributed by atoms with Crippen LogP contribution in [0.4, 0.5) is 5.69 Å². The highest BCUT2D eigenvalue weighted by Gasteiger charge is 2.22. The van der Waals surface area contributed by atoms with Crippen LogP contribution in [0.2, 0.25) is 5.02 Å². The van der Waals surface area contributed by atoms with E-state index in [2.05, 4.69) is 22.0 Å². The Kier molecular flexibility index (Phi) is 4.32. The van der Waals surface area contributed by atoms with Gasteiger partial charge in [-0.2, -0.15) is 0 Å². The predicted octanol–water partition coefficient (Wildman–Crippen LogP) is 5.09. The van der Waals surface area contributed by atoms with Crippen LogP contribution in [-0.2, 0) is 6.42 Å². The van der Waals surface area contributed by atoms with Gasteiger partial charge < -0.3 is 4.90 Å². The lowest BCUT2D eigenvalue weighted by Gasteiger charge is -2.23. The number of hydrogen-bond acceptors (Lipinski definition) is 1. The molecule has 2 aromatic carbocycles. The molecule has 2 nitrogen and oxygen atoms in total. The molecule has 1 aliphatic rings. The lowest BCUT2D eigenvalue weighted by molar-refractivity contribution is 0.0987. The molecule has 0 saturated carbocycles. The van der Waals surface area contributed by atoms with Crippen LogP contribution in [0, 0.1) is 0 Å². The fourth-order valence-corrected chi connectivity index (χ4v) is 3.18. The Morgan fingerprint density at radius 3 is 2.76 bits per heavy atom. The van der Waals surface area contributed by atoms with Gasteiger partial charge in [-0.05, 0) is 65.0 Å². The maximum absolute atomic E-state index is 12.8. The van der Waals surface area contributed by atoms with Crippen LogP contribution >= 0.6 is 27.5 Å². The molecule has 0 fully saturated rings. The van der Waals surface area contributed by atoms with E-state index in [1.54, 1.807) is 18.2 Å². The van der Waals surface area contributed by atoms with Gasteiger partial charge in [0.2, 0.25) is 0 Å². The minimum Gasteiger partial charge on any atom is -0.308 e. The van der Waals surface area contributed by atoms with E-state index in [4.69, 9.17) is 11.6 Å². The third-order valence-electron chi connectivity index (χ3n) is 3.77. The molecule has 1 aliphatic heterocycles. The fourth-order valence-electron chi connectivity index (χ4n) is 2.69. The van der Waals surface area contributed by atoms with Crippen LogP contribution < -0.4 is 4.90 Å². The van der Waals surface area contributed by atoms with E-state index in [9.17, 15) is 4.79 Å². The van der Waals surface area contributed by atoms with E-state index < -0.39 is 0 Å². The summed E-state index contributed by atoms with van der Waals surface area (Å²) in [5.74, 6) is 0.0294. The largest absolute Gasteiger partial charge is 0.308 e. The zero-order chi connectivity index (χ0) is 14.8. The van der Waals surface area contributed by atoms with Gasteiger partial charge in [-0.1, -0.05) is 29.8 Å². The minimum absolute atomic E-state index is 0.0294. The molecule has 0 spiro atoms. The summed E-state index contributed by atoms with van der Waals surface area (Å²) in [4.78, 5) is 14.7. The van der Waals surface area contributed by atoms with Crippen molar-refractivity contribution in [2.24, 2.45) is 0 Å². The summed E-state index contributed by atoms with van der Waals surface area (Å²) in [7, 11) is 0. The molecule has 108 valence electrons. The Bertz CT molecular complexity index is 686. The van der Waals surface area contributed by atoms with Crippen LogP contribution in [0.25, 0.3) is 0 Å². The van der Waals surface area contributed by atoms with Gasteiger partial charge in [0.25, 0.3) is 5.91 Å². The second kappa shape index (κ2) is 6.20. The van der Waals surface area contributed by atoms with E-state index in [1.165, 1.54) is 5.56 Å². The molecule has 1 heterocycles. The van der Waals surface area contributed by atoms with Crippen molar-refractivity contribution in [3.05, 3.63) is 63.1 Å². The van der Waals surface area contributed by atoms with Gasteiger partial charge in [0.05, 0.1) is 5.02 Å². The van der Waals surface area contributed by atoms with Crippen LogP contribution in [0.5, 0.6) is 0 Å². The zero-order valence-corrected chi connectivity index (χ0v) is 13.8. The van der Waals surface area contributed by atoms with Crippen molar-refractivity contribution in [1.29, 1.82) is 0 Å². The third kappa shape index (κ3) is 2.99. The quantitative estimate of drug-likeness (QED) is 0.690. The van der Waals surface area contributed by atoms with Gasteiger partial charge in [0, 0.05) is 22.3 Å². The van der Waals surface area contributed by atoms with E-state index in [1.807, 2.05) is 23.1 Å². The molecule has 0 saturated heterocycles. The number of carbonyl (C=O) groups excluding carboxylic acids is 1. The second-order valence-electron chi connectivity index (χ2n) is 5.17. The van der Waals surface area contributed by atoms with Crippen LogP contribution in [0.1, 0.15) is 28.8 Å². The van der Waals surface area contributed by atoms with Crippen molar-refractivity contribution in [1.82, 2.24) is 0 Å². The van der Waals surface area contributed by atoms with Crippen molar-refractivity contribution >= 4 is 39.1 Å². The second-order valence-corrected chi connectivity index (χ2v) is 6.43. The monoisotopic (exact) mass is 363 g/mol. The maximum Gasteiger partial charge on any atom is 0.258 e. The molecule has 1 amide bonds. The average Bonchev–Trinajstić information content (AvgIpc) is 2.71. The van der Waals surface area contributed by atoms with Crippen molar-refractivity contribution in [3.8, 4) is 0 Å². The molecular weight excluding hydrogens is 350 g/mol. The third-order valence-corrected chi connectivity index (χ3v) is 4.99. The van der Waals surface area contributed by atoms with Gasteiger partial charge in [-0.25, -0.2) is 0 Å². The van der Waals surface area contributed by atoms with Crippen LogP contribution in [0.15, 0.2) is 46.9 Å². The Morgan fingerprint density at radius 1 is 1.14 bits per heavy atom. The first kappa shape index (κ1) is 14.6. The number of benzene rings is 2. The number of aryl methyl sites for hydroxylation is 1. The first-order valence-electron chi connectivity index (χ1n) is 7.01. The maximum atomic E-state index is 12.8. The zero-order valence-electron chi connectivity index (χ0n) is 11.5. The summed E-state index contributed by atoms with van der Waals surface area (Å²) in [5.41, 5.74) is 2.94. The topological polar surface area (TPSA) is 20.3 Å². The normalized spacial score (nSPS) is 14.5. The smallest absolute Gasteiger partial charge is 0.258 e. The number of fused-ring (bicyclic) bond motifs is 1. The average molecular weight is 365 g/mol. The summed E-state index contributed by atoms with van der Waals surface area (Å²) in [6, 6.07) is 13.5. The number of halogens is 2. The van der Waals surface area contributed by atoms with E-state index >= 15 is 0 Å². The summed E-state index contributed by atoms with van der Waals surface area (Å²) in [5, 5.41) is 0.614. The Labute approximate surface area is 137 Å². The van der Waals surface area contributed by atoms with Crippen molar-refractivity contribution in [2.45, 2.75) is 19.3 Å². The molecule has 2 aromatic rings. The Hall–Kier alpha value is -1.32. The molecule has 0 N–H and O–H groups in total. The number of anilines is 1. The standard InChI is InChI=1S/C17H15BrClNO/c18-14-11-13(8-9-15(14)19)17(21)20-10-4-3-6-12-5-1-2-7-16(12)20/h1-2,5,7-9,11H,3-4,6,10H2. The molecule has 0 radical (unpaired) electrons. The summed E-state index contributed by atoms with van der Waals surface area (Å²) in [6.45, 7) is 0.760. The van der Waals surface area contributed by atoms with E-state index in [0.717, 1.165) is 36.0 Å². The summed E-state index contributed by atoms with van der Waals surface area (Å²) in [6.07, 6.45) is 3.17. The number of rotatable bonds is 1. The lowest BCUT2D eigenvalue weighted by Crippen LogP contribution is -2.31.